The maximum absolute atomic E-state index is 12.7. The maximum Gasteiger partial charge on any atom is 0.243 e. The Morgan fingerprint density at radius 3 is 2.05 bits per heavy atom. The fraction of sp³-hybridized carbons (Fsp3) is 0.571. The summed E-state index contributed by atoms with van der Waals surface area (Å²) in [5.41, 5.74) is 7.77. The highest BCUT2D eigenvalue weighted by Crippen LogP contribution is 2.26. The minimum absolute atomic E-state index is 0.295. The van der Waals surface area contributed by atoms with Crippen LogP contribution in [0.25, 0.3) is 0 Å². The quantitative estimate of drug-likeness (QED) is 0.845. The highest BCUT2D eigenvalue weighted by Gasteiger charge is 2.27. The fourth-order valence-corrected chi connectivity index (χ4v) is 4.35. The summed E-state index contributed by atoms with van der Waals surface area (Å²) in [6.07, 6.45) is 0. The second-order valence-corrected chi connectivity index (χ2v) is 7.21. The summed E-state index contributed by atoms with van der Waals surface area (Å²) in [6.45, 7) is 10.5. The first-order valence-electron chi connectivity index (χ1n) is 6.57. The average molecular weight is 284 g/mol. The Morgan fingerprint density at radius 1 is 1.21 bits per heavy atom. The molecule has 0 aliphatic rings. The van der Waals surface area contributed by atoms with E-state index in [4.69, 9.17) is 5.73 Å². The zero-order valence-corrected chi connectivity index (χ0v) is 13.2. The number of nitrogens with zero attached hydrogens (tertiary/aromatic N) is 1. The van der Waals surface area contributed by atoms with Gasteiger partial charge in [-0.05, 0) is 43.0 Å². The summed E-state index contributed by atoms with van der Waals surface area (Å²) in [6, 6.07) is 3.42. The zero-order chi connectivity index (χ0) is 14.8. The van der Waals surface area contributed by atoms with Crippen molar-refractivity contribution in [3.05, 3.63) is 23.3 Å². The number of hydrogen-bond donors (Lipinski definition) is 1. The molecule has 0 aliphatic heterocycles. The molecule has 108 valence electrons. The summed E-state index contributed by atoms with van der Waals surface area (Å²) in [5.74, 6) is 0.295. The smallest absolute Gasteiger partial charge is 0.243 e. The van der Waals surface area contributed by atoms with Gasteiger partial charge in [-0.2, -0.15) is 4.31 Å². The Hall–Kier alpha value is -1.07. The summed E-state index contributed by atoms with van der Waals surface area (Å²) in [4.78, 5) is 0.393. The van der Waals surface area contributed by atoms with E-state index in [0.717, 1.165) is 0 Å². The molecule has 0 aliphatic carbocycles. The SMILES string of the molecule is CCN(CC(C)C)S(=O)(=O)c1c(C)cc(N)cc1C. The van der Waals surface area contributed by atoms with Crippen LogP contribution in [0.15, 0.2) is 17.0 Å². The summed E-state index contributed by atoms with van der Waals surface area (Å²) in [7, 11) is -3.45. The van der Waals surface area contributed by atoms with Crippen molar-refractivity contribution >= 4 is 15.7 Å². The second-order valence-electron chi connectivity index (χ2n) is 5.33. The van der Waals surface area contributed by atoms with Crippen molar-refractivity contribution in [1.29, 1.82) is 0 Å². The van der Waals surface area contributed by atoms with E-state index in [0.29, 0.717) is 40.7 Å². The van der Waals surface area contributed by atoms with Crippen LogP contribution < -0.4 is 5.73 Å². The van der Waals surface area contributed by atoms with E-state index in [2.05, 4.69) is 0 Å². The van der Waals surface area contributed by atoms with Gasteiger partial charge in [0.25, 0.3) is 0 Å². The van der Waals surface area contributed by atoms with Crippen LogP contribution in [-0.4, -0.2) is 25.8 Å². The predicted molar refractivity (Wildman–Crippen MR) is 79.6 cm³/mol. The van der Waals surface area contributed by atoms with E-state index in [1.807, 2.05) is 20.8 Å². The standard InChI is InChI=1S/C14H24N2O2S/c1-6-16(9-10(2)3)19(17,18)14-11(4)7-13(15)8-12(14)5/h7-8,10H,6,9,15H2,1-5H3. The van der Waals surface area contributed by atoms with Crippen molar-refractivity contribution in [2.75, 3.05) is 18.8 Å². The zero-order valence-electron chi connectivity index (χ0n) is 12.4. The van der Waals surface area contributed by atoms with Crippen LogP contribution in [0.5, 0.6) is 0 Å². The molecule has 0 fully saturated rings. The van der Waals surface area contributed by atoms with Crippen molar-refractivity contribution in [2.24, 2.45) is 5.92 Å². The molecular weight excluding hydrogens is 260 g/mol. The lowest BCUT2D eigenvalue weighted by molar-refractivity contribution is 0.380. The molecule has 0 radical (unpaired) electrons. The first-order chi connectivity index (χ1) is 8.70. The molecule has 19 heavy (non-hydrogen) atoms. The molecule has 4 nitrogen and oxygen atoms in total. The van der Waals surface area contributed by atoms with Gasteiger partial charge < -0.3 is 5.73 Å². The number of nitrogen functional groups attached to an aromatic ring is 1. The Balaban J connectivity index is 3.34. The Bertz CT molecular complexity index is 528. The van der Waals surface area contributed by atoms with Crippen LogP contribution >= 0.6 is 0 Å². The maximum atomic E-state index is 12.7. The van der Waals surface area contributed by atoms with Crippen molar-refractivity contribution < 1.29 is 8.42 Å². The number of anilines is 1. The molecule has 1 aromatic rings. The van der Waals surface area contributed by atoms with Gasteiger partial charge in [0.2, 0.25) is 10.0 Å². The summed E-state index contributed by atoms with van der Waals surface area (Å²) < 4.78 is 27.0. The summed E-state index contributed by atoms with van der Waals surface area (Å²) in [5, 5.41) is 0. The van der Waals surface area contributed by atoms with Gasteiger partial charge in [0.1, 0.15) is 0 Å². The van der Waals surface area contributed by atoms with E-state index in [1.165, 1.54) is 4.31 Å². The monoisotopic (exact) mass is 284 g/mol. The largest absolute Gasteiger partial charge is 0.399 e. The van der Waals surface area contributed by atoms with Gasteiger partial charge in [-0.3, -0.25) is 0 Å². The second kappa shape index (κ2) is 5.92. The average Bonchev–Trinajstić information content (AvgIpc) is 2.23. The predicted octanol–water partition coefficient (Wildman–Crippen LogP) is 2.55. The van der Waals surface area contributed by atoms with Crippen molar-refractivity contribution in [2.45, 2.75) is 39.5 Å². The van der Waals surface area contributed by atoms with Crippen LogP contribution in [0.1, 0.15) is 31.9 Å². The van der Waals surface area contributed by atoms with Crippen LogP contribution in [-0.2, 0) is 10.0 Å². The van der Waals surface area contributed by atoms with Gasteiger partial charge in [0.05, 0.1) is 4.90 Å². The van der Waals surface area contributed by atoms with Crippen LogP contribution in [0, 0.1) is 19.8 Å². The van der Waals surface area contributed by atoms with Crippen LogP contribution in [0.2, 0.25) is 0 Å². The molecule has 0 bridgehead atoms. The molecule has 0 saturated carbocycles. The molecule has 1 aromatic carbocycles. The molecule has 0 aromatic heterocycles. The number of rotatable bonds is 5. The van der Waals surface area contributed by atoms with Gasteiger partial charge in [-0.15, -0.1) is 0 Å². The minimum atomic E-state index is -3.45. The molecule has 5 heteroatoms. The third kappa shape index (κ3) is 3.48. The van der Waals surface area contributed by atoms with Crippen molar-refractivity contribution in [1.82, 2.24) is 4.31 Å². The highest BCUT2D eigenvalue weighted by molar-refractivity contribution is 7.89. The molecule has 0 saturated heterocycles. The van der Waals surface area contributed by atoms with E-state index in [1.54, 1.807) is 26.0 Å². The van der Waals surface area contributed by atoms with Crippen LogP contribution in [0.4, 0.5) is 5.69 Å². The van der Waals surface area contributed by atoms with Gasteiger partial charge in [0.15, 0.2) is 0 Å². The van der Waals surface area contributed by atoms with Gasteiger partial charge in [-0.25, -0.2) is 8.42 Å². The molecule has 1 rings (SSSR count). The molecule has 2 N–H and O–H groups in total. The fourth-order valence-electron chi connectivity index (χ4n) is 2.32. The van der Waals surface area contributed by atoms with E-state index in [9.17, 15) is 8.42 Å². The van der Waals surface area contributed by atoms with Crippen LogP contribution in [0.3, 0.4) is 0 Å². The van der Waals surface area contributed by atoms with E-state index >= 15 is 0 Å². The molecule has 0 amide bonds. The lowest BCUT2D eigenvalue weighted by Crippen LogP contribution is -2.34. The lowest BCUT2D eigenvalue weighted by Gasteiger charge is -2.24. The van der Waals surface area contributed by atoms with Crippen molar-refractivity contribution in [3.63, 3.8) is 0 Å². The minimum Gasteiger partial charge on any atom is -0.399 e. The topological polar surface area (TPSA) is 63.4 Å². The molecular formula is C14H24N2O2S. The normalized spacial score (nSPS) is 12.4. The van der Waals surface area contributed by atoms with E-state index < -0.39 is 10.0 Å². The number of aryl methyl sites for hydroxylation is 2. The first kappa shape index (κ1) is 16.0. The van der Waals surface area contributed by atoms with Gasteiger partial charge in [-0.1, -0.05) is 20.8 Å². The molecule has 0 unspecified atom stereocenters. The van der Waals surface area contributed by atoms with E-state index in [-0.39, 0.29) is 0 Å². The third-order valence-electron chi connectivity index (χ3n) is 3.00. The van der Waals surface area contributed by atoms with Crippen molar-refractivity contribution in [3.8, 4) is 0 Å². The lowest BCUT2D eigenvalue weighted by atomic mass is 10.1. The van der Waals surface area contributed by atoms with Gasteiger partial charge in [0, 0.05) is 18.8 Å². The van der Waals surface area contributed by atoms with Gasteiger partial charge >= 0.3 is 0 Å². The Kier molecular flexibility index (Phi) is 4.98. The molecule has 0 heterocycles. The first-order valence-corrected chi connectivity index (χ1v) is 8.01. The number of benzene rings is 1. The number of nitrogens with two attached hydrogens (primary N) is 1. The molecule has 0 atom stereocenters. The number of sulfonamides is 1. The summed E-state index contributed by atoms with van der Waals surface area (Å²) >= 11 is 0. The Labute approximate surface area is 116 Å². The highest BCUT2D eigenvalue weighted by atomic mass is 32.2. The number of hydrogen-bond acceptors (Lipinski definition) is 3. The molecule has 0 spiro atoms. The third-order valence-corrected chi connectivity index (χ3v) is 5.25. The Morgan fingerprint density at radius 2 is 1.68 bits per heavy atom.